The molecule has 0 aliphatic carbocycles. The van der Waals surface area contributed by atoms with Crippen molar-refractivity contribution < 1.29 is 28.8 Å². The number of benzene rings is 2. The molecule has 3 aliphatic rings. The predicted octanol–water partition coefficient (Wildman–Crippen LogP) is 2.86. The maximum absolute atomic E-state index is 13.8. The van der Waals surface area contributed by atoms with Crippen LogP contribution in [0.4, 0.5) is 5.69 Å². The molecule has 10 heteroatoms. The summed E-state index contributed by atoms with van der Waals surface area (Å²) in [5.41, 5.74) is -0.412. The van der Waals surface area contributed by atoms with Gasteiger partial charge in [0.05, 0.1) is 11.1 Å². The molecule has 0 aromatic heterocycles. The Balaban J connectivity index is 1.80. The van der Waals surface area contributed by atoms with Crippen LogP contribution in [0.1, 0.15) is 49.4 Å². The summed E-state index contributed by atoms with van der Waals surface area (Å²) in [4.78, 5) is 51.3. The zero-order valence-corrected chi connectivity index (χ0v) is 18.6. The number of ketones is 1. The fraction of sp³-hybridized carbons (Fsp3) is 0.333. The van der Waals surface area contributed by atoms with E-state index in [0.717, 1.165) is 0 Å². The Hall–Kier alpha value is -4.08. The van der Waals surface area contributed by atoms with Crippen LogP contribution in [0.15, 0.2) is 53.6 Å². The number of hydrazone groups is 1. The van der Waals surface area contributed by atoms with Gasteiger partial charge in [0.25, 0.3) is 11.5 Å². The number of esters is 2. The first-order chi connectivity index (χ1) is 16.1. The summed E-state index contributed by atoms with van der Waals surface area (Å²) >= 11 is 0. The van der Waals surface area contributed by atoms with E-state index in [4.69, 9.17) is 9.47 Å². The van der Waals surface area contributed by atoms with Gasteiger partial charge >= 0.3 is 11.9 Å². The minimum atomic E-state index is -1.96. The van der Waals surface area contributed by atoms with Gasteiger partial charge in [0, 0.05) is 31.9 Å². The molecule has 0 bridgehead atoms. The van der Waals surface area contributed by atoms with Gasteiger partial charge in [-0.3, -0.25) is 29.5 Å². The highest BCUT2D eigenvalue weighted by atomic mass is 16.7. The minimum absolute atomic E-state index is 0.161. The monoisotopic (exact) mass is 463 g/mol. The summed E-state index contributed by atoms with van der Waals surface area (Å²) in [5, 5.41) is 17.1. The van der Waals surface area contributed by atoms with Crippen molar-refractivity contribution >= 4 is 29.6 Å². The van der Waals surface area contributed by atoms with E-state index in [1.165, 1.54) is 50.0 Å². The fourth-order valence-electron chi connectivity index (χ4n) is 5.34. The standard InChI is InChI=1S/C24H21N3O7/c1-13(28)19-18(14-8-10-16(11-9-14)27(31)32)24(21(29)33-23(2,3)34-22(24)30)20-17-7-5-4-6-15(17)12-25-26(19)20/h4-12,18-20H,1-3H3/t18-,19+,20-/m1/s1. The summed E-state index contributed by atoms with van der Waals surface area (Å²) in [6.07, 6.45) is 1.58. The molecular weight excluding hydrogens is 442 g/mol. The second kappa shape index (κ2) is 7.21. The molecule has 10 nitrogen and oxygen atoms in total. The molecule has 3 heterocycles. The topological polar surface area (TPSA) is 128 Å². The molecule has 0 saturated carbocycles. The summed E-state index contributed by atoms with van der Waals surface area (Å²) < 4.78 is 11.2. The maximum Gasteiger partial charge on any atom is 0.330 e. The summed E-state index contributed by atoms with van der Waals surface area (Å²) in [5.74, 6) is -4.54. The smallest absolute Gasteiger partial charge is 0.330 e. The Bertz CT molecular complexity index is 1250. The Kier molecular flexibility index (Phi) is 4.61. The first-order valence-corrected chi connectivity index (χ1v) is 10.7. The SMILES string of the molecule is CC(=O)[C@H]1[C@@H](c2ccc([N+](=O)[O-])cc2)C2(C(=O)OC(C)(C)OC2=O)[C@H]2c3ccccc3C=NN12. The lowest BCUT2D eigenvalue weighted by Crippen LogP contribution is -2.58. The van der Waals surface area contributed by atoms with Crippen molar-refractivity contribution in [2.75, 3.05) is 0 Å². The molecule has 0 N–H and O–H groups in total. The summed E-state index contributed by atoms with van der Waals surface area (Å²) in [7, 11) is 0. The van der Waals surface area contributed by atoms with E-state index in [-0.39, 0.29) is 11.5 Å². The van der Waals surface area contributed by atoms with Crippen molar-refractivity contribution in [1.82, 2.24) is 5.01 Å². The zero-order chi connectivity index (χ0) is 24.4. The minimum Gasteiger partial charge on any atom is -0.422 e. The van der Waals surface area contributed by atoms with Gasteiger partial charge in [-0.05, 0) is 23.6 Å². The lowest BCUT2D eigenvalue weighted by molar-refractivity contribution is -0.384. The number of carbonyl (C=O) groups is 3. The molecule has 2 saturated heterocycles. The molecule has 5 rings (SSSR count). The number of fused-ring (bicyclic) bond motifs is 4. The lowest BCUT2D eigenvalue weighted by Gasteiger charge is -2.44. The van der Waals surface area contributed by atoms with Crippen molar-refractivity contribution in [2.24, 2.45) is 10.5 Å². The van der Waals surface area contributed by atoms with E-state index in [0.29, 0.717) is 16.7 Å². The third kappa shape index (κ3) is 2.87. The molecule has 0 radical (unpaired) electrons. The van der Waals surface area contributed by atoms with Gasteiger partial charge in [0.15, 0.2) is 5.78 Å². The van der Waals surface area contributed by atoms with Crippen molar-refractivity contribution in [3.05, 3.63) is 75.3 Å². The first-order valence-electron chi connectivity index (χ1n) is 10.7. The van der Waals surface area contributed by atoms with Gasteiger partial charge < -0.3 is 9.47 Å². The van der Waals surface area contributed by atoms with Crippen LogP contribution in [-0.2, 0) is 23.9 Å². The highest BCUT2D eigenvalue weighted by Gasteiger charge is 2.74. The number of hydrogen-bond acceptors (Lipinski definition) is 9. The molecular formula is C24H21N3O7. The molecule has 3 atom stereocenters. The third-order valence-corrected chi connectivity index (χ3v) is 6.64. The highest BCUT2D eigenvalue weighted by molar-refractivity contribution is 6.07. The van der Waals surface area contributed by atoms with Crippen LogP contribution in [0.2, 0.25) is 0 Å². The number of cyclic esters (lactones) is 2. The molecule has 2 aromatic rings. The Morgan fingerprint density at radius 2 is 1.68 bits per heavy atom. The van der Waals surface area contributed by atoms with E-state index >= 15 is 0 Å². The first kappa shape index (κ1) is 21.7. The highest BCUT2D eigenvalue weighted by Crippen LogP contribution is 2.62. The van der Waals surface area contributed by atoms with E-state index in [1.807, 2.05) is 0 Å². The van der Waals surface area contributed by atoms with Crippen LogP contribution in [0.5, 0.6) is 0 Å². The maximum atomic E-state index is 13.8. The van der Waals surface area contributed by atoms with Crippen molar-refractivity contribution in [2.45, 2.75) is 44.6 Å². The number of nitro groups is 1. The van der Waals surface area contributed by atoms with E-state index < -0.39 is 46.1 Å². The lowest BCUT2D eigenvalue weighted by atomic mass is 9.65. The molecule has 0 unspecified atom stereocenters. The van der Waals surface area contributed by atoms with E-state index in [2.05, 4.69) is 5.10 Å². The molecule has 1 spiro atoms. The van der Waals surface area contributed by atoms with Crippen molar-refractivity contribution in [3.63, 3.8) is 0 Å². The summed E-state index contributed by atoms with van der Waals surface area (Å²) in [6.45, 7) is 4.27. The zero-order valence-electron chi connectivity index (χ0n) is 18.6. The van der Waals surface area contributed by atoms with Crippen LogP contribution in [0, 0.1) is 15.5 Å². The molecule has 174 valence electrons. The van der Waals surface area contributed by atoms with Crippen LogP contribution in [-0.4, -0.2) is 45.7 Å². The number of nitro benzene ring substituents is 1. The second-order valence-electron chi connectivity index (χ2n) is 9.09. The fourth-order valence-corrected chi connectivity index (χ4v) is 5.34. The third-order valence-electron chi connectivity index (χ3n) is 6.64. The largest absolute Gasteiger partial charge is 0.422 e. The molecule has 2 fully saturated rings. The van der Waals surface area contributed by atoms with Gasteiger partial charge in [-0.15, -0.1) is 0 Å². The number of ether oxygens (including phenoxy) is 2. The van der Waals surface area contributed by atoms with Crippen LogP contribution in [0.3, 0.4) is 0 Å². The summed E-state index contributed by atoms with van der Waals surface area (Å²) in [6, 6.07) is 10.6. The van der Waals surface area contributed by atoms with Gasteiger partial charge in [-0.2, -0.15) is 5.10 Å². The predicted molar refractivity (Wildman–Crippen MR) is 118 cm³/mol. The average molecular weight is 463 g/mol. The van der Waals surface area contributed by atoms with Crippen molar-refractivity contribution in [3.8, 4) is 0 Å². The van der Waals surface area contributed by atoms with Crippen molar-refractivity contribution in [1.29, 1.82) is 0 Å². The van der Waals surface area contributed by atoms with E-state index in [1.54, 1.807) is 30.5 Å². The Morgan fingerprint density at radius 3 is 2.26 bits per heavy atom. The number of hydrogen-bond donors (Lipinski definition) is 0. The number of nitrogens with zero attached hydrogens (tertiary/aromatic N) is 3. The number of carbonyl (C=O) groups excluding carboxylic acids is 3. The normalized spacial score (nSPS) is 25.9. The Labute approximate surface area is 194 Å². The van der Waals surface area contributed by atoms with Crippen LogP contribution < -0.4 is 0 Å². The average Bonchev–Trinajstić information content (AvgIpc) is 3.10. The number of rotatable bonds is 3. The molecule has 0 amide bonds. The van der Waals surface area contributed by atoms with Gasteiger partial charge in [-0.25, -0.2) is 0 Å². The quantitative estimate of drug-likeness (QED) is 0.294. The number of non-ortho nitro benzene ring substituents is 1. The Morgan fingerprint density at radius 1 is 1.06 bits per heavy atom. The molecule has 3 aliphatic heterocycles. The van der Waals surface area contributed by atoms with Crippen LogP contribution in [0.25, 0.3) is 0 Å². The number of Topliss-reactive ketones (excluding diaryl/α,β-unsaturated/α-hetero) is 1. The second-order valence-corrected chi connectivity index (χ2v) is 9.09. The van der Waals surface area contributed by atoms with Gasteiger partial charge in [-0.1, -0.05) is 36.4 Å². The van der Waals surface area contributed by atoms with Crippen LogP contribution >= 0.6 is 0 Å². The van der Waals surface area contributed by atoms with Gasteiger partial charge in [0.1, 0.15) is 12.1 Å². The van der Waals surface area contributed by atoms with E-state index in [9.17, 15) is 24.5 Å². The van der Waals surface area contributed by atoms with Gasteiger partial charge in [0.2, 0.25) is 5.41 Å². The molecule has 2 aromatic carbocycles. The molecule has 34 heavy (non-hydrogen) atoms.